The molecular weight excluding hydrogens is 268 g/mol. The molecule has 1 rings (SSSR count). The summed E-state index contributed by atoms with van der Waals surface area (Å²) in [6.45, 7) is -1.49. The van der Waals surface area contributed by atoms with Gasteiger partial charge in [-0.05, 0) is 12.1 Å². The number of nitrogen functional groups attached to an aromatic ring is 1. The lowest BCUT2D eigenvalue weighted by molar-refractivity contribution is -0.123. The lowest BCUT2D eigenvalue weighted by Gasteiger charge is -2.17. The molecule has 0 aromatic heterocycles. The second-order valence-corrected chi connectivity index (χ2v) is 3.67. The number of nitrogens with one attached hydrogen (secondary N) is 1. The van der Waals surface area contributed by atoms with Crippen LogP contribution >= 0.6 is 0 Å². The summed E-state index contributed by atoms with van der Waals surface area (Å²) in [6.07, 6.45) is -3.86. The van der Waals surface area contributed by atoms with Gasteiger partial charge in [0.05, 0.1) is 13.7 Å². The van der Waals surface area contributed by atoms with Gasteiger partial charge >= 0.3 is 12.3 Å². The van der Waals surface area contributed by atoms with Crippen molar-refractivity contribution in [2.45, 2.75) is 12.3 Å². The molecule has 0 fully saturated rings. The second-order valence-electron chi connectivity index (χ2n) is 3.67. The molecule has 0 atom stereocenters. The summed E-state index contributed by atoms with van der Waals surface area (Å²) in [6, 6.07) is 4.26. The molecule has 106 valence electrons. The molecule has 0 saturated carbocycles. The number of nitrogens with two attached hydrogens (primary N) is 1. The van der Waals surface area contributed by atoms with Gasteiger partial charge in [0, 0.05) is 5.69 Å². The number of amides is 1. The number of methoxy groups -OCH3 is 1. The van der Waals surface area contributed by atoms with Crippen molar-refractivity contribution in [2.24, 2.45) is 0 Å². The van der Waals surface area contributed by atoms with E-state index >= 15 is 0 Å². The third-order valence-electron chi connectivity index (χ3n) is 2.31. The average molecular weight is 280 g/mol. The van der Waals surface area contributed by atoms with Crippen molar-refractivity contribution in [3.63, 3.8) is 0 Å². The van der Waals surface area contributed by atoms with Crippen LogP contribution in [-0.2, 0) is 0 Å². The highest BCUT2D eigenvalue weighted by molar-refractivity contribution is 6.01. The molecule has 3 N–H and O–H groups in total. The molecule has 0 aliphatic rings. The Labute approximate surface area is 106 Å². The Hall–Kier alpha value is -1.99. The third kappa shape index (κ3) is 3.49. The highest BCUT2D eigenvalue weighted by atomic mass is 19.3. The molecule has 0 aliphatic carbocycles. The van der Waals surface area contributed by atoms with Crippen LogP contribution in [0.4, 0.5) is 23.2 Å². The lowest BCUT2D eigenvalue weighted by atomic mass is 10.1. The van der Waals surface area contributed by atoms with E-state index in [2.05, 4.69) is 0 Å². The van der Waals surface area contributed by atoms with Gasteiger partial charge in [-0.2, -0.15) is 8.78 Å². The van der Waals surface area contributed by atoms with E-state index in [1.807, 2.05) is 0 Å². The van der Waals surface area contributed by atoms with Crippen LogP contribution in [0.25, 0.3) is 0 Å². The zero-order chi connectivity index (χ0) is 14.6. The van der Waals surface area contributed by atoms with Crippen LogP contribution in [0.2, 0.25) is 0 Å². The molecule has 1 aromatic carbocycles. The van der Waals surface area contributed by atoms with Crippen molar-refractivity contribution in [2.75, 3.05) is 19.4 Å². The lowest BCUT2D eigenvalue weighted by Crippen LogP contribution is -2.41. The number of carbonyl (C=O) groups excluding carboxylic acids is 1. The Kier molecular flexibility index (Phi) is 4.57. The molecular formula is C11H12F4N2O2. The van der Waals surface area contributed by atoms with Crippen LogP contribution < -0.4 is 15.8 Å². The van der Waals surface area contributed by atoms with Gasteiger partial charge in [0.1, 0.15) is 11.3 Å². The van der Waals surface area contributed by atoms with Crippen LogP contribution in [0, 0.1) is 0 Å². The van der Waals surface area contributed by atoms with Crippen molar-refractivity contribution in [3.8, 4) is 5.75 Å². The number of rotatable bonds is 5. The van der Waals surface area contributed by atoms with Crippen molar-refractivity contribution >= 4 is 11.6 Å². The number of carbonyl (C=O) groups is 1. The van der Waals surface area contributed by atoms with Gasteiger partial charge in [0.15, 0.2) is 0 Å². The minimum absolute atomic E-state index is 0.00258. The van der Waals surface area contributed by atoms with Crippen LogP contribution in [0.15, 0.2) is 18.2 Å². The predicted octanol–water partition coefficient (Wildman–Crippen LogP) is 1.91. The smallest absolute Gasteiger partial charge is 0.324 e. The molecule has 0 unspecified atom stereocenters. The number of hydrogen-bond acceptors (Lipinski definition) is 3. The molecule has 4 nitrogen and oxygen atoms in total. The first-order valence-corrected chi connectivity index (χ1v) is 5.16. The molecule has 1 amide bonds. The number of alkyl halides is 4. The second kappa shape index (κ2) is 5.77. The number of halogens is 4. The molecule has 0 saturated heterocycles. The van der Waals surface area contributed by atoms with E-state index in [4.69, 9.17) is 10.5 Å². The minimum atomic E-state index is -4.30. The molecule has 8 heteroatoms. The van der Waals surface area contributed by atoms with E-state index in [1.54, 1.807) is 5.32 Å². The van der Waals surface area contributed by atoms with Gasteiger partial charge in [-0.1, -0.05) is 6.07 Å². The zero-order valence-electron chi connectivity index (χ0n) is 9.92. The summed E-state index contributed by atoms with van der Waals surface area (Å²) < 4.78 is 54.1. The van der Waals surface area contributed by atoms with Crippen molar-refractivity contribution in [1.82, 2.24) is 5.32 Å². The minimum Gasteiger partial charge on any atom is -0.496 e. The number of benzene rings is 1. The fraction of sp³-hybridized carbons (Fsp3) is 0.364. The first-order chi connectivity index (χ1) is 8.79. The maximum Gasteiger partial charge on any atom is 0.324 e. The summed E-state index contributed by atoms with van der Waals surface area (Å²) >= 11 is 0. The Balaban J connectivity index is 2.85. The standard InChI is InChI=1S/C11H12F4N2O2/c1-19-7-4-2-3-6(16)8(7)9(18)17-5-11(14,15)10(12)13/h2-4,10H,5,16H2,1H3,(H,17,18). The molecule has 0 aliphatic heterocycles. The monoisotopic (exact) mass is 280 g/mol. The van der Waals surface area contributed by atoms with Gasteiger partial charge in [-0.3, -0.25) is 4.79 Å². The van der Waals surface area contributed by atoms with Crippen LogP contribution in [0.1, 0.15) is 10.4 Å². The van der Waals surface area contributed by atoms with Crippen molar-refractivity contribution in [3.05, 3.63) is 23.8 Å². The van der Waals surface area contributed by atoms with Crippen molar-refractivity contribution < 1.29 is 27.1 Å². The number of anilines is 1. The first kappa shape index (κ1) is 15.1. The van der Waals surface area contributed by atoms with E-state index in [0.717, 1.165) is 0 Å². The number of ether oxygens (including phenoxy) is 1. The molecule has 0 spiro atoms. The molecule has 0 bridgehead atoms. The van der Waals surface area contributed by atoms with E-state index in [9.17, 15) is 22.4 Å². The van der Waals surface area contributed by atoms with Crippen molar-refractivity contribution in [1.29, 1.82) is 0 Å². The fourth-order valence-electron chi connectivity index (χ4n) is 1.32. The molecule has 19 heavy (non-hydrogen) atoms. The predicted molar refractivity (Wildman–Crippen MR) is 60.7 cm³/mol. The average Bonchev–Trinajstić information content (AvgIpc) is 2.35. The molecule has 0 heterocycles. The highest BCUT2D eigenvalue weighted by Gasteiger charge is 2.41. The summed E-state index contributed by atoms with van der Waals surface area (Å²) in [5, 5.41) is 1.71. The highest BCUT2D eigenvalue weighted by Crippen LogP contribution is 2.25. The Morgan fingerprint density at radius 1 is 1.47 bits per heavy atom. The largest absolute Gasteiger partial charge is 0.496 e. The maximum atomic E-state index is 12.7. The van der Waals surface area contributed by atoms with Gasteiger partial charge in [0.2, 0.25) is 0 Å². The Morgan fingerprint density at radius 2 is 2.11 bits per heavy atom. The maximum absolute atomic E-state index is 12.7. The van der Waals surface area contributed by atoms with E-state index < -0.39 is 24.8 Å². The van der Waals surface area contributed by atoms with E-state index in [-0.39, 0.29) is 17.0 Å². The summed E-state index contributed by atoms with van der Waals surface area (Å²) in [7, 11) is 1.26. The zero-order valence-corrected chi connectivity index (χ0v) is 9.92. The van der Waals surface area contributed by atoms with Gasteiger partial charge in [-0.25, -0.2) is 8.78 Å². The number of hydrogen-bond donors (Lipinski definition) is 2. The summed E-state index contributed by atoms with van der Waals surface area (Å²) in [5.74, 6) is -5.24. The van der Waals surface area contributed by atoms with Gasteiger partial charge < -0.3 is 15.8 Å². The topological polar surface area (TPSA) is 64.3 Å². The van der Waals surface area contributed by atoms with Crippen LogP contribution in [0.3, 0.4) is 0 Å². The van der Waals surface area contributed by atoms with Gasteiger partial charge in [0.25, 0.3) is 5.91 Å². The fourth-order valence-corrected chi connectivity index (χ4v) is 1.32. The SMILES string of the molecule is COc1cccc(N)c1C(=O)NCC(F)(F)C(F)F. The molecule has 0 radical (unpaired) electrons. The first-order valence-electron chi connectivity index (χ1n) is 5.16. The van der Waals surface area contributed by atoms with E-state index in [0.29, 0.717) is 0 Å². The molecule has 1 aromatic rings. The van der Waals surface area contributed by atoms with Crippen LogP contribution in [-0.4, -0.2) is 31.9 Å². The normalized spacial score (nSPS) is 11.5. The van der Waals surface area contributed by atoms with E-state index in [1.165, 1.54) is 25.3 Å². The Bertz CT molecular complexity index is 466. The quantitative estimate of drug-likeness (QED) is 0.639. The summed E-state index contributed by atoms with van der Waals surface area (Å²) in [5.41, 5.74) is 5.35. The summed E-state index contributed by atoms with van der Waals surface area (Å²) in [4.78, 5) is 11.7. The van der Waals surface area contributed by atoms with Crippen LogP contribution in [0.5, 0.6) is 5.75 Å². The third-order valence-corrected chi connectivity index (χ3v) is 2.31. The Morgan fingerprint density at radius 3 is 2.63 bits per heavy atom. The van der Waals surface area contributed by atoms with Gasteiger partial charge in [-0.15, -0.1) is 0 Å².